The first-order valence-corrected chi connectivity index (χ1v) is 15.2. The Kier molecular flexibility index (Phi) is 5.39. The van der Waals surface area contributed by atoms with E-state index in [1.165, 1.54) is 44.2 Å². The Morgan fingerprint density at radius 1 is 0.833 bits per heavy atom. The van der Waals surface area contributed by atoms with E-state index in [0.29, 0.717) is 59.3 Å². The van der Waals surface area contributed by atoms with Gasteiger partial charge in [-0.15, -0.1) is 0 Å². The molecule has 188 valence electrons. The van der Waals surface area contributed by atoms with Gasteiger partial charge in [0.1, 0.15) is 6.29 Å². The molecule has 3 fully saturated rings. The number of rotatable bonds is 2. The predicted octanol–water partition coefficient (Wildman–Crippen LogP) is 5.16. The fourth-order valence-electron chi connectivity index (χ4n) is 8.69. The molecule has 36 heavy (non-hydrogen) atoms. The summed E-state index contributed by atoms with van der Waals surface area (Å²) < 4.78 is 0. The van der Waals surface area contributed by atoms with Crippen LogP contribution < -0.4 is 5.32 Å². The summed E-state index contributed by atoms with van der Waals surface area (Å²) in [6.45, 7) is 0. The Balaban J connectivity index is 1.14. The Morgan fingerprint density at radius 2 is 1.69 bits per heavy atom. The third kappa shape index (κ3) is 3.28. The van der Waals surface area contributed by atoms with Gasteiger partial charge in [0.2, 0.25) is 0 Å². The van der Waals surface area contributed by atoms with Crippen molar-refractivity contribution in [3.63, 3.8) is 0 Å². The van der Waals surface area contributed by atoms with Crippen LogP contribution in [-0.2, 0) is 0 Å². The van der Waals surface area contributed by atoms with Gasteiger partial charge in [0.15, 0.2) is 0 Å². The summed E-state index contributed by atoms with van der Waals surface area (Å²) in [4.78, 5) is 8.96. The number of nitrogens with one attached hydrogen (secondary N) is 1. The Bertz CT molecular complexity index is 1130. The van der Waals surface area contributed by atoms with Crippen LogP contribution in [0.2, 0.25) is 0 Å². The molecule has 4 nitrogen and oxygen atoms in total. The van der Waals surface area contributed by atoms with Gasteiger partial charge in [-0.3, -0.25) is 15.1 Å². The van der Waals surface area contributed by atoms with E-state index in [9.17, 15) is 0 Å². The van der Waals surface area contributed by atoms with Crippen LogP contribution in [0.25, 0.3) is 0 Å². The average molecular weight is 546 g/mol. The van der Waals surface area contributed by atoms with Crippen molar-refractivity contribution in [2.45, 2.75) is 98.4 Å². The number of fused-ring (bicyclic) bond motifs is 8. The lowest BCUT2D eigenvalue weighted by molar-refractivity contribution is 0.138. The summed E-state index contributed by atoms with van der Waals surface area (Å²) in [5.41, 5.74) is 3.12. The molecule has 5 heteroatoms. The first-order valence-electron chi connectivity index (χ1n) is 14.3. The van der Waals surface area contributed by atoms with Crippen molar-refractivity contribution < 1.29 is 0 Å². The van der Waals surface area contributed by atoms with Gasteiger partial charge in [0.25, 0.3) is 0 Å². The summed E-state index contributed by atoms with van der Waals surface area (Å²) in [7, 11) is 0. The average Bonchev–Trinajstić information content (AvgIpc) is 3.55. The summed E-state index contributed by atoms with van der Waals surface area (Å²) >= 11 is 3.89. The molecule has 10 atom stereocenters. The van der Waals surface area contributed by atoms with E-state index in [-0.39, 0.29) is 0 Å². The Morgan fingerprint density at radius 3 is 2.61 bits per heavy atom. The van der Waals surface area contributed by atoms with Crippen molar-refractivity contribution in [2.24, 2.45) is 5.92 Å². The molecular weight excluding hydrogens is 508 g/mol. The van der Waals surface area contributed by atoms with Gasteiger partial charge < -0.3 is 4.90 Å². The van der Waals surface area contributed by atoms with Gasteiger partial charge in [0, 0.05) is 46.7 Å². The molecule has 3 heterocycles. The van der Waals surface area contributed by atoms with Gasteiger partial charge in [-0.2, -0.15) is 0 Å². The molecule has 0 spiro atoms. The number of hydrogen-bond donors (Lipinski definition) is 1. The quantitative estimate of drug-likeness (QED) is 0.383. The summed E-state index contributed by atoms with van der Waals surface area (Å²) in [6, 6.07) is 3.82. The molecule has 8 aliphatic rings. The maximum absolute atomic E-state index is 4.09. The maximum atomic E-state index is 4.09. The van der Waals surface area contributed by atoms with Crippen LogP contribution in [0.3, 0.4) is 0 Å². The summed E-state index contributed by atoms with van der Waals surface area (Å²) in [6.07, 6.45) is 38.0. The van der Waals surface area contributed by atoms with E-state index in [2.05, 4.69) is 109 Å². The van der Waals surface area contributed by atoms with E-state index in [1.807, 2.05) is 0 Å². The van der Waals surface area contributed by atoms with Gasteiger partial charge in [-0.05, 0) is 56.6 Å². The Hall–Kier alpha value is -1.66. The van der Waals surface area contributed by atoms with Crippen LogP contribution in [0.15, 0.2) is 84.2 Å². The zero-order valence-electron chi connectivity index (χ0n) is 20.9. The molecular formula is C31H37BrN4. The molecule has 0 aromatic carbocycles. The van der Waals surface area contributed by atoms with Crippen molar-refractivity contribution in [3.8, 4) is 0 Å². The number of alkyl halides is 1. The highest BCUT2D eigenvalue weighted by molar-refractivity contribution is 9.09. The zero-order valence-corrected chi connectivity index (χ0v) is 22.5. The molecule has 0 amide bonds. The van der Waals surface area contributed by atoms with Crippen LogP contribution in [0, 0.1) is 5.92 Å². The number of nitrogens with zero attached hydrogens (tertiary/aromatic N) is 3. The fraction of sp³-hybridized carbons (Fsp3) is 0.548. The molecule has 8 rings (SSSR count). The first kappa shape index (κ1) is 22.3. The molecule has 10 unspecified atom stereocenters. The summed E-state index contributed by atoms with van der Waals surface area (Å²) in [5.74, 6) is 0.506. The maximum Gasteiger partial charge on any atom is 0.139 e. The molecule has 0 aromatic heterocycles. The molecule has 3 saturated heterocycles. The number of halogens is 1. The molecule has 0 aromatic rings. The van der Waals surface area contributed by atoms with Crippen molar-refractivity contribution in [1.29, 1.82) is 0 Å². The SMILES string of the molecule is BrC1C=CCC(N2C3CC=C(N4C5CCC=CC5N5C6C=CCCC6NC45)C=C3C3C=CC=CC32)C1. The lowest BCUT2D eigenvalue weighted by Crippen LogP contribution is -2.48. The van der Waals surface area contributed by atoms with Crippen molar-refractivity contribution in [3.05, 3.63) is 84.2 Å². The molecule has 3 aliphatic heterocycles. The van der Waals surface area contributed by atoms with E-state index in [1.54, 1.807) is 5.57 Å². The van der Waals surface area contributed by atoms with Crippen molar-refractivity contribution in [2.75, 3.05) is 0 Å². The lowest BCUT2D eigenvalue weighted by Gasteiger charge is -2.40. The number of hydrogen-bond acceptors (Lipinski definition) is 4. The van der Waals surface area contributed by atoms with Crippen LogP contribution in [0.1, 0.15) is 44.9 Å². The van der Waals surface area contributed by atoms with E-state index in [0.717, 1.165) is 6.42 Å². The van der Waals surface area contributed by atoms with Crippen LogP contribution >= 0.6 is 15.9 Å². The molecule has 5 aliphatic carbocycles. The Labute approximate surface area is 224 Å². The van der Waals surface area contributed by atoms with Gasteiger partial charge in [0.05, 0.1) is 12.1 Å². The molecule has 1 N–H and O–H groups in total. The highest BCUT2D eigenvalue weighted by Gasteiger charge is 2.56. The van der Waals surface area contributed by atoms with Gasteiger partial charge >= 0.3 is 0 Å². The number of likely N-dealkylation sites (tertiary alicyclic amines) is 1. The standard InChI is InChI=1S/C31H37BrN4/c32-20-8-7-9-21(18-20)34-26-12-3-1-10-23(26)24-19-22(16-17-27(24)34)35-29-14-5-6-15-30(29)36-28-13-4-2-11-25(28)33-31(35)36/h1,3-4,6-8,10,12-13,15-16,19-21,23,25-31,33H,2,5,9,11,14,17-18H2. The third-order valence-electron chi connectivity index (χ3n) is 10.1. The van der Waals surface area contributed by atoms with Crippen molar-refractivity contribution >= 4 is 15.9 Å². The highest BCUT2D eigenvalue weighted by Crippen LogP contribution is 2.48. The normalized spacial score (nSPS) is 46.8. The fourth-order valence-corrected chi connectivity index (χ4v) is 9.34. The molecule has 0 radical (unpaired) electrons. The third-order valence-corrected chi connectivity index (χ3v) is 10.8. The van der Waals surface area contributed by atoms with Gasteiger partial charge in [-0.1, -0.05) is 82.8 Å². The minimum absolute atomic E-state index is 0.313. The van der Waals surface area contributed by atoms with E-state index in [4.69, 9.17) is 0 Å². The van der Waals surface area contributed by atoms with Crippen molar-refractivity contribution in [1.82, 2.24) is 20.0 Å². The predicted molar refractivity (Wildman–Crippen MR) is 149 cm³/mol. The molecule has 0 saturated carbocycles. The molecule has 0 bridgehead atoms. The minimum Gasteiger partial charge on any atom is -0.339 e. The lowest BCUT2D eigenvalue weighted by atomic mass is 9.86. The second-order valence-corrected chi connectivity index (χ2v) is 13.1. The second-order valence-electron chi connectivity index (χ2n) is 11.9. The number of allylic oxidation sites excluding steroid dienone is 6. The van der Waals surface area contributed by atoms with Crippen LogP contribution in [-0.4, -0.2) is 68.1 Å². The smallest absolute Gasteiger partial charge is 0.139 e. The van der Waals surface area contributed by atoms with Crippen LogP contribution in [0.5, 0.6) is 0 Å². The minimum atomic E-state index is 0.313. The topological polar surface area (TPSA) is 21.8 Å². The summed E-state index contributed by atoms with van der Waals surface area (Å²) in [5, 5.41) is 4.09. The van der Waals surface area contributed by atoms with Crippen LogP contribution in [0.4, 0.5) is 0 Å². The highest BCUT2D eigenvalue weighted by atomic mass is 79.9. The van der Waals surface area contributed by atoms with E-state index < -0.39 is 0 Å². The second kappa shape index (κ2) is 8.69. The zero-order chi connectivity index (χ0) is 23.8. The monoisotopic (exact) mass is 544 g/mol. The van der Waals surface area contributed by atoms with E-state index >= 15 is 0 Å². The first-order chi connectivity index (χ1) is 17.8. The largest absolute Gasteiger partial charge is 0.339 e. The van der Waals surface area contributed by atoms with Gasteiger partial charge in [-0.25, -0.2) is 0 Å².